The Bertz CT molecular complexity index is 3850. The monoisotopic (exact) mass is 925 g/mol. The van der Waals surface area contributed by atoms with Gasteiger partial charge in [0.1, 0.15) is 0 Å². The SMILES string of the molecule is C1=CCCC(c2c3ccccc3c(-c3ccccc3)c3ccc(-n4c5c(c6ccccc64)C=CC(C4=CC(c6ccccc6)=CC6C7=C(SC46)C(c4ccccc4)C=CC(c4ccccc4)=C7)C5)cc23)=C1. The van der Waals surface area contributed by atoms with Crippen molar-refractivity contribution in [3.8, 4) is 16.8 Å². The van der Waals surface area contributed by atoms with Gasteiger partial charge in [0.05, 0.1) is 5.52 Å². The fourth-order valence-corrected chi connectivity index (χ4v) is 14.2. The molecule has 9 aromatic rings. The third-order valence-corrected chi connectivity index (χ3v) is 17.2. The number of aromatic nitrogens is 1. The maximum Gasteiger partial charge on any atom is 0.0537 e. The van der Waals surface area contributed by atoms with Gasteiger partial charge < -0.3 is 4.57 Å². The Labute approximate surface area is 420 Å². The Kier molecular flexibility index (Phi) is 10.4. The van der Waals surface area contributed by atoms with Crippen molar-refractivity contribution in [1.82, 2.24) is 4.57 Å². The molecule has 5 aliphatic rings. The van der Waals surface area contributed by atoms with Crippen LogP contribution in [0, 0.1) is 11.8 Å². The summed E-state index contributed by atoms with van der Waals surface area (Å²) < 4.78 is 2.62. The fraction of sp³-hybridized carbons (Fsp3) is 0.101. The first-order valence-corrected chi connectivity index (χ1v) is 26.2. The number of rotatable bonds is 7. The van der Waals surface area contributed by atoms with Crippen LogP contribution >= 0.6 is 11.8 Å². The molecule has 0 bridgehead atoms. The van der Waals surface area contributed by atoms with Gasteiger partial charge in [0.2, 0.25) is 0 Å². The standard InChI is InChI=1S/C69H51NS/c1-6-20-45(21-7-1)50-34-37-54(47-24-10-3-11-25-47)68-62(40-50)63-42-52(46-22-8-2-9-23-46)41-60(69(63)71-68)51-35-38-56-55-30-18-19-33-64(55)70(65(56)43-51)53-36-39-59-61(44-53)67(49-28-14-5-15-29-49)58-32-17-16-31-57(58)66(59)48-26-12-4-13-27-48/h1-14,16-28,30-42,44,51,54,63,69H,15,29,43H2. The summed E-state index contributed by atoms with van der Waals surface area (Å²) in [6.07, 6.45) is 27.4. The molecule has 4 unspecified atom stereocenters. The minimum Gasteiger partial charge on any atom is -0.313 e. The van der Waals surface area contributed by atoms with Crippen molar-refractivity contribution < 1.29 is 0 Å². The van der Waals surface area contributed by atoms with Crippen molar-refractivity contribution in [2.24, 2.45) is 11.8 Å². The van der Waals surface area contributed by atoms with Gasteiger partial charge >= 0.3 is 0 Å². The van der Waals surface area contributed by atoms with Gasteiger partial charge in [-0.3, -0.25) is 0 Å². The zero-order chi connectivity index (χ0) is 46.8. The normalized spacial score (nSPS) is 20.3. The van der Waals surface area contributed by atoms with Crippen LogP contribution in [-0.4, -0.2) is 9.82 Å². The Morgan fingerprint density at radius 3 is 1.92 bits per heavy atom. The molecule has 0 radical (unpaired) electrons. The van der Waals surface area contributed by atoms with E-state index in [0.29, 0.717) is 0 Å². The summed E-state index contributed by atoms with van der Waals surface area (Å²) in [4.78, 5) is 1.47. The highest BCUT2D eigenvalue weighted by atomic mass is 32.2. The molecule has 0 spiro atoms. The molecule has 0 fully saturated rings. The molecule has 0 saturated heterocycles. The van der Waals surface area contributed by atoms with E-state index in [4.69, 9.17) is 0 Å². The van der Waals surface area contributed by atoms with Gasteiger partial charge in [-0.05, 0) is 126 Å². The van der Waals surface area contributed by atoms with Crippen molar-refractivity contribution in [1.29, 1.82) is 0 Å². The first-order chi connectivity index (χ1) is 35.2. The molecule has 4 atom stereocenters. The molecule has 0 amide bonds. The lowest BCUT2D eigenvalue weighted by Crippen LogP contribution is -2.26. The van der Waals surface area contributed by atoms with Gasteiger partial charge in [-0.25, -0.2) is 0 Å². The van der Waals surface area contributed by atoms with E-state index in [1.54, 1.807) is 0 Å². The Morgan fingerprint density at radius 2 is 1.18 bits per heavy atom. The lowest BCUT2D eigenvalue weighted by molar-refractivity contribution is 0.648. The lowest BCUT2D eigenvalue weighted by atomic mass is 9.75. The largest absolute Gasteiger partial charge is 0.313 e. The van der Waals surface area contributed by atoms with E-state index in [1.807, 2.05) is 0 Å². The van der Waals surface area contributed by atoms with E-state index in [-0.39, 0.29) is 23.0 Å². The minimum absolute atomic E-state index is 0.169. The second-order valence-corrected chi connectivity index (χ2v) is 20.8. The molecule has 2 heterocycles. The molecule has 8 aromatic carbocycles. The zero-order valence-electron chi connectivity index (χ0n) is 39.5. The minimum atomic E-state index is 0.169. The van der Waals surface area contributed by atoms with Crippen LogP contribution < -0.4 is 0 Å². The number of thioether (sulfide) groups is 1. The van der Waals surface area contributed by atoms with Gasteiger partial charge in [0, 0.05) is 50.2 Å². The average molecular weight is 926 g/mol. The summed E-state index contributed by atoms with van der Waals surface area (Å²) in [5.41, 5.74) is 19.9. The molecule has 0 saturated carbocycles. The van der Waals surface area contributed by atoms with E-state index in [1.165, 1.54) is 116 Å². The first kappa shape index (κ1) is 42.0. The number of allylic oxidation sites excluding steroid dienone is 14. The first-order valence-electron chi connectivity index (χ1n) is 25.3. The number of nitrogens with zero attached hydrogens (tertiary/aromatic N) is 1. The average Bonchev–Trinajstić information content (AvgIpc) is 3.90. The lowest BCUT2D eigenvalue weighted by Gasteiger charge is -2.33. The number of hydrogen-bond donors (Lipinski definition) is 0. The molecular formula is C69H51NS. The molecule has 2 heteroatoms. The van der Waals surface area contributed by atoms with Crippen molar-refractivity contribution >= 4 is 67.0 Å². The van der Waals surface area contributed by atoms with E-state index in [9.17, 15) is 0 Å². The molecule has 14 rings (SSSR count). The van der Waals surface area contributed by atoms with E-state index < -0.39 is 0 Å². The fourth-order valence-electron chi connectivity index (χ4n) is 12.4. The predicted octanol–water partition coefficient (Wildman–Crippen LogP) is 18.0. The van der Waals surface area contributed by atoms with Crippen molar-refractivity contribution in [2.75, 3.05) is 0 Å². The van der Waals surface area contributed by atoms with Crippen LogP contribution in [-0.2, 0) is 6.42 Å². The van der Waals surface area contributed by atoms with E-state index in [2.05, 4.69) is 265 Å². The summed E-state index contributed by atoms with van der Waals surface area (Å²) in [5, 5.41) is 6.80. The van der Waals surface area contributed by atoms with Crippen LogP contribution in [0.1, 0.15) is 52.3 Å². The highest BCUT2D eigenvalue weighted by Gasteiger charge is 2.43. The molecule has 4 aliphatic carbocycles. The second kappa shape index (κ2) is 17.5. The van der Waals surface area contributed by atoms with Gasteiger partial charge in [0.25, 0.3) is 0 Å². The van der Waals surface area contributed by atoms with Gasteiger partial charge in [0.15, 0.2) is 0 Å². The Balaban J connectivity index is 0.933. The molecule has 1 nitrogen and oxygen atoms in total. The highest BCUT2D eigenvalue weighted by Crippen LogP contribution is 2.58. The summed E-state index contributed by atoms with van der Waals surface area (Å²) in [7, 11) is 0. The molecular weight excluding hydrogens is 875 g/mol. The molecule has 1 aromatic heterocycles. The third kappa shape index (κ3) is 7.15. The maximum atomic E-state index is 2.62. The van der Waals surface area contributed by atoms with Gasteiger partial charge in [-0.2, -0.15) is 0 Å². The van der Waals surface area contributed by atoms with Crippen LogP contribution in [0.3, 0.4) is 0 Å². The molecule has 1 aliphatic heterocycles. The summed E-state index contributed by atoms with van der Waals surface area (Å²) in [5.74, 6) is 0.587. The number of benzene rings is 8. The number of fused-ring (bicyclic) bond motifs is 7. The van der Waals surface area contributed by atoms with Crippen molar-refractivity contribution in [3.63, 3.8) is 0 Å². The molecule has 0 N–H and O–H groups in total. The van der Waals surface area contributed by atoms with Gasteiger partial charge in [-0.1, -0.05) is 225 Å². The van der Waals surface area contributed by atoms with Crippen molar-refractivity contribution in [2.45, 2.75) is 30.4 Å². The summed E-state index contributed by atoms with van der Waals surface area (Å²) >= 11 is 2.11. The third-order valence-electron chi connectivity index (χ3n) is 15.7. The van der Waals surface area contributed by atoms with Crippen LogP contribution in [0.2, 0.25) is 0 Å². The quantitative estimate of drug-likeness (QED) is 0.144. The molecule has 338 valence electrons. The highest BCUT2D eigenvalue weighted by molar-refractivity contribution is 8.04. The molecule has 71 heavy (non-hydrogen) atoms. The predicted molar refractivity (Wildman–Crippen MR) is 303 cm³/mol. The van der Waals surface area contributed by atoms with Crippen LogP contribution in [0.25, 0.3) is 72.1 Å². The van der Waals surface area contributed by atoms with Crippen LogP contribution in [0.15, 0.2) is 259 Å². The second-order valence-electron chi connectivity index (χ2n) is 19.7. The maximum absolute atomic E-state index is 2.62. The number of para-hydroxylation sites is 1. The summed E-state index contributed by atoms with van der Waals surface area (Å²) in [6.45, 7) is 0. The van der Waals surface area contributed by atoms with E-state index >= 15 is 0 Å². The smallest absolute Gasteiger partial charge is 0.0537 e. The Hall–Kier alpha value is -7.91. The van der Waals surface area contributed by atoms with Gasteiger partial charge in [-0.15, -0.1) is 11.8 Å². The topological polar surface area (TPSA) is 4.93 Å². The van der Waals surface area contributed by atoms with Crippen molar-refractivity contribution in [3.05, 3.63) is 292 Å². The van der Waals surface area contributed by atoms with E-state index in [0.717, 1.165) is 19.3 Å². The van der Waals surface area contributed by atoms with Crippen LogP contribution in [0.5, 0.6) is 0 Å². The Morgan fingerprint density at radius 1 is 0.535 bits per heavy atom. The van der Waals surface area contributed by atoms with Crippen LogP contribution in [0.4, 0.5) is 0 Å². The zero-order valence-corrected chi connectivity index (χ0v) is 40.3. The number of hydrogen-bond acceptors (Lipinski definition) is 1. The summed E-state index contributed by atoms with van der Waals surface area (Å²) in [6, 6.07) is 69.7.